The number of hydrogen-bond acceptors (Lipinski definition) is 2. The van der Waals surface area contributed by atoms with E-state index in [4.69, 9.17) is 5.73 Å². The molecule has 0 bridgehead atoms. The van der Waals surface area contributed by atoms with Gasteiger partial charge in [-0.25, -0.2) is 0 Å². The highest BCUT2D eigenvalue weighted by atomic mass is 35.5. The minimum absolute atomic E-state index is 0. The van der Waals surface area contributed by atoms with E-state index in [0.717, 1.165) is 0 Å². The van der Waals surface area contributed by atoms with E-state index in [1.807, 2.05) is 0 Å². The molecule has 7 heteroatoms. The molecule has 1 atom stereocenters. The summed E-state index contributed by atoms with van der Waals surface area (Å²) >= 11 is 0. The summed E-state index contributed by atoms with van der Waals surface area (Å²) in [5.74, 6) is -1.50. The zero-order valence-corrected chi connectivity index (χ0v) is 10.5. The summed E-state index contributed by atoms with van der Waals surface area (Å²) in [7, 11) is 0. The van der Waals surface area contributed by atoms with Crippen LogP contribution in [0.4, 0.5) is 13.2 Å². The molecule has 1 aliphatic heterocycles. The van der Waals surface area contributed by atoms with Gasteiger partial charge in [0.2, 0.25) is 5.91 Å². The molecule has 1 fully saturated rings. The van der Waals surface area contributed by atoms with Crippen molar-refractivity contribution in [1.82, 2.24) is 4.90 Å². The highest BCUT2D eigenvalue weighted by Gasteiger charge is 2.41. The molecule has 1 amide bonds. The number of amides is 1. The lowest BCUT2D eigenvalue weighted by Crippen LogP contribution is -2.48. The highest BCUT2D eigenvalue weighted by Crippen LogP contribution is 2.34. The molecule has 0 radical (unpaired) electrons. The number of halogens is 4. The third-order valence-electron chi connectivity index (χ3n) is 3.03. The topological polar surface area (TPSA) is 46.3 Å². The predicted molar refractivity (Wildman–Crippen MR) is 60.9 cm³/mol. The van der Waals surface area contributed by atoms with Gasteiger partial charge in [0, 0.05) is 13.1 Å². The molecule has 102 valence electrons. The van der Waals surface area contributed by atoms with Gasteiger partial charge in [-0.1, -0.05) is 6.92 Å². The second-order valence-electron chi connectivity index (χ2n) is 4.16. The maximum atomic E-state index is 12.4. The smallest absolute Gasteiger partial charge is 0.341 e. The van der Waals surface area contributed by atoms with E-state index in [2.05, 4.69) is 0 Å². The number of hydrogen-bond donors (Lipinski definition) is 1. The Hall–Kier alpha value is -0.490. The third-order valence-corrected chi connectivity index (χ3v) is 3.03. The Labute approximate surface area is 105 Å². The van der Waals surface area contributed by atoms with E-state index in [1.54, 1.807) is 6.92 Å². The number of likely N-dealkylation sites (tertiary alicyclic amines) is 1. The molecule has 1 aliphatic rings. The maximum absolute atomic E-state index is 12.4. The van der Waals surface area contributed by atoms with Crippen molar-refractivity contribution in [2.75, 3.05) is 13.1 Å². The van der Waals surface area contributed by atoms with Crippen LogP contribution in [0.3, 0.4) is 0 Å². The van der Waals surface area contributed by atoms with Crippen LogP contribution in [0.25, 0.3) is 0 Å². The van der Waals surface area contributed by atoms with Crippen molar-refractivity contribution in [2.24, 2.45) is 11.7 Å². The van der Waals surface area contributed by atoms with Crippen molar-refractivity contribution in [3.63, 3.8) is 0 Å². The first-order chi connectivity index (χ1) is 7.36. The van der Waals surface area contributed by atoms with Gasteiger partial charge in [-0.05, 0) is 19.3 Å². The van der Waals surface area contributed by atoms with Crippen molar-refractivity contribution < 1.29 is 18.0 Å². The summed E-state index contributed by atoms with van der Waals surface area (Å²) in [6, 6.07) is -0.581. The van der Waals surface area contributed by atoms with Crippen LogP contribution in [0, 0.1) is 5.92 Å². The van der Waals surface area contributed by atoms with Crippen LogP contribution < -0.4 is 5.73 Å². The molecule has 3 nitrogen and oxygen atoms in total. The Morgan fingerprint density at radius 3 is 2.24 bits per heavy atom. The number of rotatable bonds is 2. The number of nitrogens with zero attached hydrogens (tertiary/aromatic N) is 1. The predicted octanol–water partition coefficient (Wildman–Crippen LogP) is 1.95. The fraction of sp³-hybridized carbons (Fsp3) is 0.900. The molecule has 0 aromatic rings. The zero-order chi connectivity index (χ0) is 12.3. The summed E-state index contributed by atoms with van der Waals surface area (Å²) < 4.78 is 37.1. The lowest BCUT2D eigenvalue weighted by Gasteiger charge is -2.34. The monoisotopic (exact) mass is 274 g/mol. The van der Waals surface area contributed by atoms with Crippen LogP contribution in [-0.2, 0) is 4.79 Å². The number of piperidine rings is 1. The van der Waals surface area contributed by atoms with Gasteiger partial charge in [0.25, 0.3) is 0 Å². The Kier molecular flexibility index (Phi) is 6.26. The van der Waals surface area contributed by atoms with Gasteiger partial charge >= 0.3 is 6.18 Å². The molecule has 0 saturated carbocycles. The van der Waals surface area contributed by atoms with Crippen LogP contribution in [0.15, 0.2) is 0 Å². The molecule has 0 unspecified atom stereocenters. The summed E-state index contributed by atoms with van der Waals surface area (Å²) in [5.41, 5.74) is 5.55. The summed E-state index contributed by atoms with van der Waals surface area (Å²) in [6.07, 6.45) is -3.64. The average molecular weight is 275 g/mol. The molecular formula is C10H18ClF3N2O. The van der Waals surface area contributed by atoms with Crippen molar-refractivity contribution in [3.05, 3.63) is 0 Å². The first kappa shape index (κ1) is 16.5. The molecule has 0 spiro atoms. The van der Waals surface area contributed by atoms with E-state index in [9.17, 15) is 18.0 Å². The minimum atomic E-state index is -4.14. The average Bonchev–Trinajstić information content (AvgIpc) is 2.26. The quantitative estimate of drug-likeness (QED) is 0.837. The van der Waals surface area contributed by atoms with Crippen molar-refractivity contribution in [1.29, 1.82) is 0 Å². The van der Waals surface area contributed by atoms with Crippen LogP contribution in [0.1, 0.15) is 26.2 Å². The largest absolute Gasteiger partial charge is 0.391 e. The van der Waals surface area contributed by atoms with Crippen LogP contribution in [0.2, 0.25) is 0 Å². The van der Waals surface area contributed by atoms with Crippen LogP contribution in [0.5, 0.6) is 0 Å². The number of carbonyl (C=O) groups excluding carboxylic acids is 1. The van der Waals surface area contributed by atoms with Crippen molar-refractivity contribution in [3.8, 4) is 0 Å². The number of nitrogens with two attached hydrogens (primary N) is 1. The summed E-state index contributed by atoms with van der Waals surface area (Å²) in [6.45, 7) is 2.11. The molecule has 1 heterocycles. The van der Waals surface area contributed by atoms with Gasteiger partial charge in [0.1, 0.15) is 0 Å². The van der Waals surface area contributed by atoms with E-state index in [-0.39, 0.29) is 44.2 Å². The number of alkyl halides is 3. The lowest BCUT2D eigenvalue weighted by atomic mass is 9.96. The molecule has 1 saturated heterocycles. The Balaban J connectivity index is 0.00000256. The molecule has 0 aromatic heterocycles. The van der Waals surface area contributed by atoms with E-state index in [0.29, 0.717) is 6.42 Å². The Morgan fingerprint density at radius 2 is 1.88 bits per heavy atom. The second-order valence-corrected chi connectivity index (χ2v) is 4.16. The fourth-order valence-corrected chi connectivity index (χ4v) is 1.84. The standard InChI is InChI=1S/C10H17F3N2O.ClH/c1-2-8(14)9(16)15-5-3-7(4-6-15)10(11,12)13;/h7-8H,2-6,14H2,1H3;1H/t8-;/m0./s1. The van der Waals surface area contributed by atoms with Gasteiger partial charge in [0.15, 0.2) is 0 Å². The maximum Gasteiger partial charge on any atom is 0.391 e. The van der Waals surface area contributed by atoms with Gasteiger partial charge in [-0.3, -0.25) is 4.79 Å². The minimum Gasteiger partial charge on any atom is -0.341 e. The normalized spacial score (nSPS) is 19.7. The fourth-order valence-electron chi connectivity index (χ4n) is 1.84. The zero-order valence-electron chi connectivity index (χ0n) is 9.67. The van der Waals surface area contributed by atoms with Crippen molar-refractivity contribution in [2.45, 2.75) is 38.4 Å². The summed E-state index contributed by atoms with van der Waals surface area (Å²) in [4.78, 5) is 13.0. The first-order valence-electron chi connectivity index (χ1n) is 5.47. The third kappa shape index (κ3) is 4.35. The second kappa shape index (κ2) is 6.44. The number of carbonyl (C=O) groups is 1. The molecule has 2 N–H and O–H groups in total. The van der Waals surface area contributed by atoms with Crippen LogP contribution in [-0.4, -0.2) is 36.1 Å². The first-order valence-corrected chi connectivity index (χ1v) is 5.47. The molecule has 0 aromatic carbocycles. The molecule has 17 heavy (non-hydrogen) atoms. The summed E-state index contributed by atoms with van der Waals surface area (Å²) in [5, 5.41) is 0. The van der Waals surface area contributed by atoms with Crippen molar-refractivity contribution >= 4 is 18.3 Å². The Bertz CT molecular complexity index is 252. The molecular weight excluding hydrogens is 257 g/mol. The van der Waals surface area contributed by atoms with Gasteiger partial charge in [-0.2, -0.15) is 13.2 Å². The van der Waals surface area contributed by atoms with Gasteiger partial charge < -0.3 is 10.6 Å². The van der Waals surface area contributed by atoms with Gasteiger partial charge in [0.05, 0.1) is 12.0 Å². The molecule has 1 rings (SSSR count). The molecule has 0 aliphatic carbocycles. The van der Waals surface area contributed by atoms with E-state index in [1.165, 1.54) is 4.90 Å². The van der Waals surface area contributed by atoms with E-state index >= 15 is 0 Å². The van der Waals surface area contributed by atoms with E-state index < -0.39 is 18.1 Å². The Morgan fingerprint density at radius 1 is 1.41 bits per heavy atom. The van der Waals surface area contributed by atoms with Gasteiger partial charge in [-0.15, -0.1) is 12.4 Å². The SMILES string of the molecule is CC[C@H](N)C(=O)N1CCC(C(F)(F)F)CC1.Cl. The highest BCUT2D eigenvalue weighted by molar-refractivity contribution is 5.85. The van der Waals surface area contributed by atoms with Crippen LogP contribution >= 0.6 is 12.4 Å². The lowest BCUT2D eigenvalue weighted by molar-refractivity contribution is -0.186.